The molecule has 1 aliphatic rings. The SMILES string of the molecule is CCNCc1csc(S(=O)(=O)N2CCCC(CC)CC2)c1. The molecule has 2 heterocycles. The van der Waals surface area contributed by atoms with Crippen molar-refractivity contribution in [2.75, 3.05) is 19.6 Å². The number of rotatable bonds is 6. The monoisotopic (exact) mass is 330 g/mol. The first-order valence-corrected chi connectivity index (χ1v) is 10.2. The molecule has 4 nitrogen and oxygen atoms in total. The van der Waals surface area contributed by atoms with Gasteiger partial charge < -0.3 is 5.32 Å². The lowest BCUT2D eigenvalue weighted by Gasteiger charge is -2.19. The van der Waals surface area contributed by atoms with Crippen LogP contribution in [0.5, 0.6) is 0 Å². The lowest BCUT2D eigenvalue weighted by molar-refractivity contribution is 0.408. The molecule has 0 spiro atoms. The lowest BCUT2D eigenvalue weighted by atomic mass is 9.98. The standard InChI is InChI=1S/C15H26N2O2S2/c1-3-13-6-5-8-17(9-7-13)21(18,19)15-10-14(12-20-15)11-16-4-2/h10,12-13,16H,3-9,11H2,1-2H3. The van der Waals surface area contributed by atoms with E-state index in [1.807, 2.05) is 18.4 Å². The van der Waals surface area contributed by atoms with Crippen molar-refractivity contribution in [1.29, 1.82) is 0 Å². The van der Waals surface area contributed by atoms with Crippen LogP contribution in [-0.2, 0) is 16.6 Å². The molecule has 1 N–H and O–H groups in total. The summed E-state index contributed by atoms with van der Waals surface area (Å²) in [7, 11) is -3.30. The average molecular weight is 331 g/mol. The zero-order chi connectivity index (χ0) is 15.3. The van der Waals surface area contributed by atoms with E-state index in [0.717, 1.165) is 44.3 Å². The summed E-state index contributed by atoms with van der Waals surface area (Å²) in [6, 6.07) is 1.82. The van der Waals surface area contributed by atoms with Gasteiger partial charge in [0.1, 0.15) is 4.21 Å². The first-order valence-electron chi connectivity index (χ1n) is 7.86. The fraction of sp³-hybridized carbons (Fsp3) is 0.733. The van der Waals surface area contributed by atoms with Crippen molar-refractivity contribution >= 4 is 21.4 Å². The van der Waals surface area contributed by atoms with Crippen LogP contribution in [0.1, 0.15) is 45.1 Å². The van der Waals surface area contributed by atoms with Gasteiger partial charge in [0, 0.05) is 19.6 Å². The Kier molecular flexibility index (Phi) is 6.22. The van der Waals surface area contributed by atoms with Crippen molar-refractivity contribution in [3.8, 4) is 0 Å². The minimum absolute atomic E-state index is 0.491. The Labute approximate surface area is 132 Å². The molecule has 1 aromatic rings. The Morgan fingerprint density at radius 2 is 2.14 bits per heavy atom. The molecule has 1 unspecified atom stereocenters. The van der Waals surface area contributed by atoms with Crippen LogP contribution in [0.25, 0.3) is 0 Å². The Morgan fingerprint density at radius 3 is 2.86 bits per heavy atom. The number of sulfonamides is 1. The van der Waals surface area contributed by atoms with Crippen LogP contribution >= 0.6 is 11.3 Å². The van der Waals surface area contributed by atoms with Crippen molar-refractivity contribution in [3.63, 3.8) is 0 Å². The first kappa shape index (κ1) is 16.9. The molecular formula is C15H26N2O2S2. The number of hydrogen-bond acceptors (Lipinski definition) is 4. The summed E-state index contributed by atoms with van der Waals surface area (Å²) in [4.78, 5) is 0. The summed E-state index contributed by atoms with van der Waals surface area (Å²) in [6.45, 7) is 7.20. The van der Waals surface area contributed by atoms with Crippen molar-refractivity contribution in [1.82, 2.24) is 9.62 Å². The van der Waals surface area contributed by atoms with Crippen LogP contribution in [0.2, 0.25) is 0 Å². The molecule has 6 heteroatoms. The highest BCUT2D eigenvalue weighted by atomic mass is 32.2. The van der Waals surface area contributed by atoms with Gasteiger partial charge in [0.05, 0.1) is 0 Å². The van der Waals surface area contributed by atoms with Gasteiger partial charge >= 0.3 is 0 Å². The molecular weight excluding hydrogens is 304 g/mol. The smallest absolute Gasteiger partial charge is 0.252 e. The third-order valence-corrected chi connectivity index (χ3v) is 7.55. The number of thiophene rings is 1. The van der Waals surface area contributed by atoms with E-state index in [0.29, 0.717) is 23.2 Å². The van der Waals surface area contributed by atoms with Crippen LogP contribution in [-0.4, -0.2) is 32.4 Å². The molecule has 0 bridgehead atoms. The molecule has 120 valence electrons. The van der Waals surface area contributed by atoms with Gasteiger partial charge in [-0.25, -0.2) is 8.42 Å². The zero-order valence-electron chi connectivity index (χ0n) is 13.0. The maximum Gasteiger partial charge on any atom is 0.252 e. The molecule has 0 amide bonds. The fourth-order valence-corrected chi connectivity index (χ4v) is 5.62. The second-order valence-electron chi connectivity index (χ2n) is 5.66. The van der Waals surface area contributed by atoms with Gasteiger partial charge in [0.15, 0.2) is 0 Å². The van der Waals surface area contributed by atoms with Crippen LogP contribution in [0.15, 0.2) is 15.7 Å². The minimum atomic E-state index is -3.30. The van der Waals surface area contributed by atoms with Gasteiger partial charge in [-0.15, -0.1) is 11.3 Å². The molecule has 0 radical (unpaired) electrons. The molecule has 0 aliphatic carbocycles. The fourth-order valence-electron chi connectivity index (χ4n) is 2.77. The summed E-state index contributed by atoms with van der Waals surface area (Å²) in [5.74, 6) is 0.679. The van der Waals surface area contributed by atoms with Crippen molar-refractivity contribution in [3.05, 3.63) is 17.0 Å². The molecule has 1 saturated heterocycles. The highest BCUT2D eigenvalue weighted by Crippen LogP contribution is 2.28. The molecule has 1 atom stereocenters. The van der Waals surface area contributed by atoms with Gasteiger partial charge in [-0.05, 0) is 48.7 Å². The van der Waals surface area contributed by atoms with E-state index in [9.17, 15) is 8.42 Å². The summed E-state index contributed by atoms with van der Waals surface area (Å²) in [5, 5.41) is 5.18. The average Bonchev–Trinajstić information content (AvgIpc) is 2.82. The summed E-state index contributed by atoms with van der Waals surface area (Å²) in [6.07, 6.45) is 4.27. The minimum Gasteiger partial charge on any atom is -0.313 e. The molecule has 1 aliphatic heterocycles. The Bertz CT molecular complexity index is 540. The number of hydrogen-bond donors (Lipinski definition) is 1. The van der Waals surface area contributed by atoms with E-state index in [4.69, 9.17) is 0 Å². The molecule has 1 fully saturated rings. The van der Waals surface area contributed by atoms with E-state index >= 15 is 0 Å². The highest BCUT2D eigenvalue weighted by molar-refractivity contribution is 7.91. The Balaban J connectivity index is 2.08. The summed E-state index contributed by atoms with van der Waals surface area (Å²) in [5.41, 5.74) is 1.06. The predicted octanol–water partition coefficient (Wildman–Crippen LogP) is 3.06. The Hall–Kier alpha value is -0.430. The number of nitrogens with one attached hydrogen (secondary N) is 1. The van der Waals surface area contributed by atoms with Gasteiger partial charge in [-0.2, -0.15) is 4.31 Å². The first-order chi connectivity index (χ1) is 10.1. The lowest BCUT2D eigenvalue weighted by Crippen LogP contribution is -2.31. The van der Waals surface area contributed by atoms with E-state index in [-0.39, 0.29) is 0 Å². The van der Waals surface area contributed by atoms with Gasteiger partial charge in [0.25, 0.3) is 10.0 Å². The van der Waals surface area contributed by atoms with Crippen LogP contribution in [0, 0.1) is 5.92 Å². The van der Waals surface area contributed by atoms with E-state index in [2.05, 4.69) is 12.2 Å². The van der Waals surface area contributed by atoms with Crippen molar-refractivity contribution in [2.45, 2.75) is 50.3 Å². The van der Waals surface area contributed by atoms with Crippen molar-refractivity contribution < 1.29 is 8.42 Å². The normalized spacial score (nSPS) is 21.3. The summed E-state index contributed by atoms with van der Waals surface area (Å²) >= 11 is 1.34. The van der Waals surface area contributed by atoms with Gasteiger partial charge in [0.2, 0.25) is 0 Å². The van der Waals surface area contributed by atoms with E-state index < -0.39 is 10.0 Å². The highest BCUT2D eigenvalue weighted by Gasteiger charge is 2.28. The van der Waals surface area contributed by atoms with Gasteiger partial charge in [-0.3, -0.25) is 0 Å². The van der Waals surface area contributed by atoms with E-state index in [1.165, 1.54) is 11.3 Å². The molecule has 0 aromatic carbocycles. The Morgan fingerprint density at radius 1 is 1.33 bits per heavy atom. The summed E-state index contributed by atoms with van der Waals surface area (Å²) < 4.78 is 27.7. The predicted molar refractivity (Wildman–Crippen MR) is 88.1 cm³/mol. The third-order valence-electron chi connectivity index (χ3n) is 4.19. The quantitative estimate of drug-likeness (QED) is 0.872. The van der Waals surface area contributed by atoms with Crippen LogP contribution in [0.4, 0.5) is 0 Å². The zero-order valence-corrected chi connectivity index (χ0v) is 14.6. The molecule has 2 rings (SSSR count). The van der Waals surface area contributed by atoms with Gasteiger partial charge in [-0.1, -0.05) is 20.3 Å². The largest absolute Gasteiger partial charge is 0.313 e. The maximum atomic E-state index is 12.7. The number of nitrogens with zero attached hydrogens (tertiary/aromatic N) is 1. The van der Waals surface area contributed by atoms with E-state index in [1.54, 1.807) is 4.31 Å². The molecule has 21 heavy (non-hydrogen) atoms. The molecule has 0 saturated carbocycles. The maximum absolute atomic E-state index is 12.7. The topological polar surface area (TPSA) is 49.4 Å². The second-order valence-corrected chi connectivity index (χ2v) is 8.74. The second kappa shape index (κ2) is 7.72. The molecule has 1 aromatic heterocycles. The van der Waals surface area contributed by atoms with Crippen LogP contribution < -0.4 is 5.32 Å². The van der Waals surface area contributed by atoms with Crippen molar-refractivity contribution in [2.24, 2.45) is 5.92 Å². The van der Waals surface area contributed by atoms with Crippen LogP contribution in [0.3, 0.4) is 0 Å². The third kappa shape index (κ3) is 4.28.